The molecule has 0 heterocycles. The minimum atomic E-state index is -0.986. The molecule has 0 aliphatic carbocycles. The Labute approximate surface area is 64.7 Å². The smallest absolute Gasteiger partial charge is 0.131 e. The molecule has 1 atom stereocenters. The number of terminal acetylenes is 1. The highest BCUT2D eigenvalue weighted by molar-refractivity contribution is 5.00. The van der Waals surface area contributed by atoms with Gasteiger partial charge in [0.15, 0.2) is 0 Å². The molecule has 0 spiro atoms. The maximum Gasteiger partial charge on any atom is 0.131 e. The van der Waals surface area contributed by atoms with Gasteiger partial charge in [0.2, 0.25) is 0 Å². The van der Waals surface area contributed by atoms with Gasteiger partial charge >= 0.3 is 0 Å². The molecule has 62 valence electrons. The monoisotopic (exact) mass is 160 g/mol. The Morgan fingerprint density at radius 2 is 2.18 bits per heavy atom. The summed E-state index contributed by atoms with van der Waals surface area (Å²) in [6.07, 6.45) is 3.73. The molecule has 0 saturated heterocycles. The summed E-state index contributed by atoms with van der Waals surface area (Å²) < 4.78 is 24.4. The van der Waals surface area contributed by atoms with Crippen LogP contribution >= 0.6 is 0 Å². The maximum atomic E-state index is 12.3. The molecule has 0 rings (SSSR count). The van der Waals surface area contributed by atoms with Gasteiger partial charge in [0, 0.05) is 6.42 Å². The summed E-state index contributed by atoms with van der Waals surface area (Å²) in [4.78, 5) is 0. The van der Waals surface area contributed by atoms with Crippen LogP contribution in [0.4, 0.5) is 8.78 Å². The van der Waals surface area contributed by atoms with Gasteiger partial charge < -0.3 is 5.11 Å². The normalized spacial score (nSPS) is 15.2. The van der Waals surface area contributed by atoms with Gasteiger partial charge in [0.1, 0.15) is 17.8 Å². The number of halogens is 2. The number of aliphatic hydroxyl groups is 1. The van der Waals surface area contributed by atoms with Crippen LogP contribution < -0.4 is 0 Å². The average Bonchev–Trinajstić information content (AvgIpc) is 1.99. The molecule has 0 amide bonds. The highest BCUT2D eigenvalue weighted by Gasteiger charge is 2.04. The van der Waals surface area contributed by atoms with Crippen molar-refractivity contribution in [3.8, 4) is 12.3 Å². The maximum absolute atomic E-state index is 12.3. The van der Waals surface area contributed by atoms with Crippen LogP contribution in [-0.4, -0.2) is 11.2 Å². The van der Waals surface area contributed by atoms with Gasteiger partial charge in [-0.3, -0.25) is 0 Å². The number of allylic oxidation sites excluding steroid dienone is 2. The first kappa shape index (κ1) is 10.1. The van der Waals surface area contributed by atoms with E-state index in [9.17, 15) is 8.78 Å². The molecule has 0 aliphatic rings. The second-order valence-corrected chi connectivity index (χ2v) is 2.16. The fraction of sp³-hybridized carbons (Fsp3) is 0.500. The Kier molecular flexibility index (Phi) is 4.47. The Bertz CT molecular complexity index is 187. The zero-order valence-electron chi connectivity index (χ0n) is 6.27. The van der Waals surface area contributed by atoms with Crippen LogP contribution in [0.5, 0.6) is 0 Å². The second kappa shape index (κ2) is 4.86. The van der Waals surface area contributed by atoms with E-state index in [0.717, 1.165) is 6.92 Å². The zero-order chi connectivity index (χ0) is 8.85. The van der Waals surface area contributed by atoms with E-state index < -0.39 is 17.8 Å². The molecule has 1 unspecified atom stereocenters. The molecule has 0 bridgehead atoms. The van der Waals surface area contributed by atoms with Crippen molar-refractivity contribution in [2.45, 2.75) is 25.9 Å². The number of hydrogen-bond acceptors (Lipinski definition) is 1. The third kappa shape index (κ3) is 4.51. The van der Waals surface area contributed by atoms with Crippen molar-refractivity contribution in [3.05, 3.63) is 11.7 Å². The third-order valence-electron chi connectivity index (χ3n) is 1.20. The first-order valence-corrected chi connectivity index (χ1v) is 3.23. The topological polar surface area (TPSA) is 20.2 Å². The molecule has 11 heavy (non-hydrogen) atoms. The van der Waals surface area contributed by atoms with Crippen molar-refractivity contribution < 1.29 is 13.9 Å². The van der Waals surface area contributed by atoms with E-state index in [4.69, 9.17) is 11.5 Å². The summed E-state index contributed by atoms with van der Waals surface area (Å²) in [5.41, 5.74) is 0. The third-order valence-corrected chi connectivity index (χ3v) is 1.20. The van der Waals surface area contributed by atoms with Crippen molar-refractivity contribution in [1.29, 1.82) is 0 Å². The highest BCUT2D eigenvalue weighted by atomic mass is 19.2. The van der Waals surface area contributed by atoms with Gasteiger partial charge in [-0.1, -0.05) is 5.92 Å². The summed E-state index contributed by atoms with van der Waals surface area (Å²) >= 11 is 0. The zero-order valence-corrected chi connectivity index (χ0v) is 6.27. The van der Waals surface area contributed by atoms with Crippen LogP contribution in [0, 0.1) is 12.3 Å². The Balaban J connectivity index is 3.74. The van der Waals surface area contributed by atoms with Crippen LogP contribution in [-0.2, 0) is 0 Å². The predicted octanol–water partition coefficient (Wildman–Crippen LogP) is 1.93. The van der Waals surface area contributed by atoms with Gasteiger partial charge in [-0.25, -0.2) is 8.78 Å². The fourth-order valence-electron chi connectivity index (χ4n) is 0.519. The molecule has 0 aliphatic heterocycles. The standard InChI is InChI=1S/C8H10F2O/c1-3-7(11)4-5-8(10)6(2)9/h1,7,11H,4-5H2,2H3. The highest BCUT2D eigenvalue weighted by Crippen LogP contribution is 2.14. The lowest BCUT2D eigenvalue weighted by atomic mass is 10.2. The van der Waals surface area contributed by atoms with E-state index in [1.54, 1.807) is 0 Å². The number of hydrogen-bond donors (Lipinski definition) is 1. The number of aliphatic hydroxyl groups excluding tert-OH is 1. The summed E-state index contributed by atoms with van der Waals surface area (Å²) in [5, 5.41) is 8.74. The lowest BCUT2D eigenvalue weighted by Crippen LogP contribution is -2.01. The summed E-state index contributed by atoms with van der Waals surface area (Å²) in [5.74, 6) is 0.303. The van der Waals surface area contributed by atoms with E-state index in [-0.39, 0.29) is 12.8 Å². The first-order chi connectivity index (χ1) is 5.07. The first-order valence-electron chi connectivity index (χ1n) is 3.23. The lowest BCUT2D eigenvalue weighted by Gasteiger charge is -2.00. The summed E-state index contributed by atoms with van der Waals surface area (Å²) in [6, 6.07) is 0. The van der Waals surface area contributed by atoms with Gasteiger partial charge in [0.25, 0.3) is 0 Å². The van der Waals surface area contributed by atoms with Crippen molar-refractivity contribution in [2.75, 3.05) is 0 Å². The van der Waals surface area contributed by atoms with Crippen LogP contribution in [0.15, 0.2) is 11.7 Å². The van der Waals surface area contributed by atoms with Crippen molar-refractivity contribution in [2.24, 2.45) is 0 Å². The largest absolute Gasteiger partial charge is 0.380 e. The molecular weight excluding hydrogens is 150 g/mol. The summed E-state index contributed by atoms with van der Waals surface area (Å²) in [6.45, 7) is 1.03. The SMILES string of the molecule is C#CC(O)CCC(F)=C(C)F. The molecular formula is C8H10F2O. The Hall–Kier alpha value is -0.880. The minimum absolute atomic E-state index is 0.0591. The van der Waals surface area contributed by atoms with Crippen LogP contribution in [0.2, 0.25) is 0 Å². The van der Waals surface area contributed by atoms with Crippen LogP contribution in [0.1, 0.15) is 19.8 Å². The Morgan fingerprint density at radius 1 is 1.64 bits per heavy atom. The quantitative estimate of drug-likeness (QED) is 0.625. The van der Waals surface area contributed by atoms with E-state index in [2.05, 4.69) is 0 Å². The molecule has 0 fully saturated rings. The van der Waals surface area contributed by atoms with Gasteiger partial charge in [-0.15, -0.1) is 6.42 Å². The Morgan fingerprint density at radius 3 is 2.55 bits per heavy atom. The molecule has 1 N–H and O–H groups in total. The van der Waals surface area contributed by atoms with Gasteiger partial charge in [0.05, 0.1) is 0 Å². The van der Waals surface area contributed by atoms with Crippen LogP contribution in [0.25, 0.3) is 0 Å². The molecule has 0 saturated carbocycles. The predicted molar refractivity (Wildman–Crippen MR) is 39.0 cm³/mol. The van der Waals surface area contributed by atoms with Gasteiger partial charge in [-0.2, -0.15) is 0 Å². The van der Waals surface area contributed by atoms with E-state index in [1.165, 1.54) is 0 Å². The molecule has 0 aromatic carbocycles. The van der Waals surface area contributed by atoms with Gasteiger partial charge in [-0.05, 0) is 13.3 Å². The van der Waals surface area contributed by atoms with E-state index in [0.29, 0.717) is 0 Å². The van der Waals surface area contributed by atoms with Crippen molar-refractivity contribution in [1.82, 2.24) is 0 Å². The molecule has 3 heteroatoms. The number of rotatable bonds is 3. The fourth-order valence-corrected chi connectivity index (χ4v) is 0.519. The average molecular weight is 160 g/mol. The van der Waals surface area contributed by atoms with Crippen LogP contribution in [0.3, 0.4) is 0 Å². The molecule has 0 radical (unpaired) electrons. The lowest BCUT2D eigenvalue weighted by molar-refractivity contribution is 0.219. The summed E-state index contributed by atoms with van der Waals surface area (Å²) in [7, 11) is 0. The minimum Gasteiger partial charge on any atom is -0.380 e. The van der Waals surface area contributed by atoms with Crippen molar-refractivity contribution in [3.63, 3.8) is 0 Å². The van der Waals surface area contributed by atoms with E-state index in [1.807, 2.05) is 5.92 Å². The molecule has 0 aromatic rings. The molecule has 0 aromatic heterocycles. The molecule has 1 nitrogen and oxygen atoms in total. The van der Waals surface area contributed by atoms with E-state index >= 15 is 0 Å². The van der Waals surface area contributed by atoms with Crippen molar-refractivity contribution >= 4 is 0 Å². The second-order valence-electron chi connectivity index (χ2n) is 2.16.